The molecule has 0 aliphatic rings. The van der Waals surface area contributed by atoms with Gasteiger partial charge >= 0.3 is 0 Å². The Labute approximate surface area is 162 Å². The van der Waals surface area contributed by atoms with Gasteiger partial charge in [0.2, 0.25) is 0 Å². The molecule has 6 nitrogen and oxygen atoms in total. The Kier molecular flexibility index (Phi) is 5.48. The molecule has 9 heteroatoms. The van der Waals surface area contributed by atoms with Crippen LogP contribution in [0.5, 0.6) is 0 Å². The smallest absolute Gasteiger partial charge is 0.246 e. The van der Waals surface area contributed by atoms with E-state index in [2.05, 4.69) is 14.8 Å². The number of nitrogens with zero attached hydrogens (tertiary/aromatic N) is 3. The lowest BCUT2D eigenvalue weighted by molar-refractivity contribution is 0.600. The van der Waals surface area contributed by atoms with Gasteiger partial charge in [0.25, 0.3) is 16.0 Å². The Bertz CT molecular complexity index is 1050. The zero-order valence-electron chi connectivity index (χ0n) is 14.7. The van der Waals surface area contributed by atoms with E-state index in [-0.39, 0.29) is 22.4 Å². The highest BCUT2D eigenvalue weighted by molar-refractivity contribution is 7.92. The van der Waals surface area contributed by atoms with Crippen LogP contribution in [0.1, 0.15) is 30.9 Å². The van der Waals surface area contributed by atoms with E-state index in [1.165, 1.54) is 23.1 Å². The number of aromatic nitrogens is 3. The van der Waals surface area contributed by atoms with Gasteiger partial charge in [0, 0.05) is 5.02 Å². The molecule has 1 heterocycles. The maximum absolute atomic E-state index is 13.1. The average molecular weight is 409 g/mol. The van der Waals surface area contributed by atoms with Gasteiger partial charge in [-0.05, 0) is 41.3 Å². The minimum atomic E-state index is -3.79. The fraction of sp³-hybridized carbons (Fsp3) is 0.222. The second-order valence-electron chi connectivity index (χ2n) is 6.33. The summed E-state index contributed by atoms with van der Waals surface area (Å²) >= 11 is 5.99. The van der Waals surface area contributed by atoms with Crippen LogP contribution in [0.2, 0.25) is 5.02 Å². The highest BCUT2D eigenvalue weighted by Crippen LogP contribution is 2.20. The van der Waals surface area contributed by atoms with Crippen LogP contribution in [0, 0.1) is 5.82 Å². The van der Waals surface area contributed by atoms with Crippen molar-refractivity contribution in [3.8, 4) is 0 Å². The SMILES string of the molecule is CC(C)c1ccc(S(=O)(=O)Nc2ncn(Cc3ccc(F)cc3Cl)n2)cc1. The summed E-state index contributed by atoms with van der Waals surface area (Å²) in [4.78, 5) is 4.09. The molecule has 0 aliphatic carbocycles. The van der Waals surface area contributed by atoms with Crippen molar-refractivity contribution in [1.82, 2.24) is 14.8 Å². The zero-order valence-corrected chi connectivity index (χ0v) is 16.3. The summed E-state index contributed by atoms with van der Waals surface area (Å²) in [5.74, 6) is -0.175. The second kappa shape index (κ2) is 7.66. The largest absolute Gasteiger partial charge is 0.264 e. The quantitative estimate of drug-likeness (QED) is 0.667. The Balaban J connectivity index is 1.74. The molecule has 142 valence electrons. The molecule has 0 aliphatic heterocycles. The first-order chi connectivity index (χ1) is 12.7. The van der Waals surface area contributed by atoms with Crippen molar-refractivity contribution in [2.24, 2.45) is 0 Å². The average Bonchev–Trinajstić information content (AvgIpc) is 3.04. The van der Waals surface area contributed by atoms with Crippen molar-refractivity contribution in [2.75, 3.05) is 4.72 Å². The summed E-state index contributed by atoms with van der Waals surface area (Å²) in [6, 6.07) is 10.7. The number of nitrogens with one attached hydrogen (secondary N) is 1. The van der Waals surface area contributed by atoms with Crippen LogP contribution in [-0.2, 0) is 16.6 Å². The lowest BCUT2D eigenvalue weighted by atomic mass is 10.0. The summed E-state index contributed by atoms with van der Waals surface area (Å²) in [6.07, 6.45) is 1.37. The molecule has 0 bridgehead atoms. The molecule has 0 unspecified atom stereocenters. The van der Waals surface area contributed by atoms with Crippen LogP contribution >= 0.6 is 11.6 Å². The van der Waals surface area contributed by atoms with E-state index < -0.39 is 15.8 Å². The monoisotopic (exact) mass is 408 g/mol. The van der Waals surface area contributed by atoms with Crippen LogP contribution < -0.4 is 4.72 Å². The predicted octanol–water partition coefficient (Wildman–Crippen LogP) is 4.04. The topological polar surface area (TPSA) is 76.9 Å². The lowest BCUT2D eigenvalue weighted by Gasteiger charge is -2.08. The molecular formula is C18H18ClFN4O2S. The number of benzene rings is 2. The molecule has 0 atom stereocenters. The second-order valence-corrected chi connectivity index (χ2v) is 8.42. The summed E-state index contributed by atoms with van der Waals surface area (Å²) < 4.78 is 41.8. The fourth-order valence-electron chi connectivity index (χ4n) is 2.45. The normalized spacial score (nSPS) is 11.7. The first kappa shape index (κ1) is 19.3. The summed E-state index contributed by atoms with van der Waals surface area (Å²) in [5, 5.41) is 4.35. The Hall–Kier alpha value is -2.45. The third-order valence-corrected chi connectivity index (χ3v) is 5.66. The predicted molar refractivity (Wildman–Crippen MR) is 102 cm³/mol. The minimum absolute atomic E-state index is 0.0545. The maximum atomic E-state index is 13.1. The van der Waals surface area contributed by atoms with Crippen molar-refractivity contribution in [1.29, 1.82) is 0 Å². The molecule has 0 amide bonds. The van der Waals surface area contributed by atoms with E-state index in [0.29, 0.717) is 11.5 Å². The molecule has 0 spiro atoms. The van der Waals surface area contributed by atoms with Gasteiger partial charge in [-0.15, -0.1) is 5.10 Å². The lowest BCUT2D eigenvalue weighted by Crippen LogP contribution is -2.14. The van der Waals surface area contributed by atoms with Crippen LogP contribution in [0.3, 0.4) is 0 Å². The van der Waals surface area contributed by atoms with Gasteiger partial charge in [0.1, 0.15) is 12.1 Å². The third kappa shape index (κ3) is 4.64. The molecule has 0 radical (unpaired) electrons. The van der Waals surface area contributed by atoms with Gasteiger partial charge < -0.3 is 0 Å². The van der Waals surface area contributed by atoms with Gasteiger partial charge in [0.05, 0.1) is 11.4 Å². The summed E-state index contributed by atoms with van der Waals surface area (Å²) in [5.41, 5.74) is 1.69. The van der Waals surface area contributed by atoms with E-state index in [0.717, 1.165) is 5.56 Å². The first-order valence-corrected chi connectivity index (χ1v) is 10.1. The number of rotatable bonds is 6. The van der Waals surface area contributed by atoms with Gasteiger partial charge in [-0.2, -0.15) is 4.98 Å². The molecule has 2 aromatic carbocycles. The van der Waals surface area contributed by atoms with Crippen molar-refractivity contribution in [3.63, 3.8) is 0 Å². The molecule has 3 aromatic rings. The van der Waals surface area contributed by atoms with E-state index in [4.69, 9.17) is 11.6 Å². The van der Waals surface area contributed by atoms with E-state index in [1.54, 1.807) is 30.3 Å². The van der Waals surface area contributed by atoms with E-state index in [1.807, 2.05) is 13.8 Å². The van der Waals surface area contributed by atoms with Gasteiger partial charge in [-0.25, -0.2) is 22.2 Å². The van der Waals surface area contributed by atoms with Crippen LogP contribution in [0.25, 0.3) is 0 Å². The maximum Gasteiger partial charge on any atom is 0.264 e. The number of hydrogen-bond acceptors (Lipinski definition) is 4. The van der Waals surface area contributed by atoms with E-state index in [9.17, 15) is 12.8 Å². The molecular weight excluding hydrogens is 391 g/mol. The van der Waals surface area contributed by atoms with Gasteiger partial charge in [-0.1, -0.05) is 43.6 Å². The fourth-order valence-corrected chi connectivity index (χ4v) is 3.63. The van der Waals surface area contributed by atoms with Gasteiger partial charge in [0.15, 0.2) is 0 Å². The standard InChI is InChI=1S/C18H18ClFN4O2S/c1-12(2)13-4-7-16(8-5-13)27(25,26)23-18-21-11-24(22-18)10-14-3-6-15(20)9-17(14)19/h3-9,11-12H,10H2,1-2H3,(H,22,23). The molecule has 27 heavy (non-hydrogen) atoms. The zero-order chi connectivity index (χ0) is 19.6. The summed E-state index contributed by atoms with van der Waals surface area (Å²) in [6.45, 7) is 4.30. The first-order valence-electron chi connectivity index (χ1n) is 8.21. The highest BCUT2D eigenvalue weighted by atomic mass is 35.5. The van der Waals surface area contributed by atoms with E-state index >= 15 is 0 Å². The number of sulfonamides is 1. The number of anilines is 1. The highest BCUT2D eigenvalue weighted by Gasteiger charge is 2.17. The van der Waals surface area contributed by atoms with Crippen molar-refractivity contribution in [2.45, 2.75) is 31.2 Å². The Morgan fingerprint density at radius 3 is 2.52 bits per heavy atom. The van der Waals surface area contributed by atoms with Crippen LogP contribution in [0.4, 0.5) is 10.3 Å². The molecule has 0 saturated carbocycles. The molecule has 1 aromatic heterocycles. The number of halogens is 2. The van der Waals surface area contributed by atoms with Crippen molar-refractivity contribution in [3.05, 3.63) is 70.8 Å². The van der Waals surface area contributed by atoms with Gasteiger partial charge in [-0.3, -0.25) is 0 Å². The number of hydrogen-bond donors (Lipinski definition) is 1. The van der Waals surface area contributed by atoms with Crippen molar-refractivity contribution >= 4 is 27.6 Å². The Morgan fingerprint density at radius 2 is 1.89 bits per heavy atom. The summed E-state index contributed by atoms with van der Waals surface area (Å²) in [7, 11) is -3.79. The van der Waals surface area contributed by atoms with Crippen LogP contribution in [0.15, 0.2) is 53.7 Å². The third-order valence-electron chi connectivity index (χ3n) is 3.97. The molecule has 3 rings (SSSR count). The van der Waals surface area contributed by atoms with Crippen LogP contribution in [-0.4, -0.2) is 23.2 Å². The minimum Gasteiger partial charge on any atom is -0.246 e. The molecule has 0 fully saturated rings. The molecule has 1 N–H and O–H groups in total. The Morgan fingerprint density at radius 1 is 1.19 bits per heavy atom. The van der Waals surface area contributed by atoms with Crippen molar-refractivity contribution < 1.29 is 12.8 Å². The molecule has 0 saturated heterocycles.